The van der Waals surface area contributed by atoms with E-state index in [0.29, 0.717) is 17.9 Å². The SMILES string of the molecule is N#Cc1cc(Br)ccc1N1CCCC(CCC(=O)O)C1. The lowest BCUT2D eigenvalue weighted by Crippen LogP contribution is -2.36. The van der Waals surface area contributed by atoms with Gasteiger partial charge in [-0.2, -0.15) is 5.26 Å². The third-order valence-electron chi connectivity index (χ3n) is 3.71. The van der Waals surface area contributed by atoms with Gasteiger partial charge in [0.25, 0.3) is 0 Å². The Morgan fingerprint density at radius 3 is 3.05 bits per heavy atom. The second-order valence-corrected chi connectivity index (χ2v) is 6.08. The summed E-state index contributed by atoms with van der Waals surface area (Å²) >= 11 is 3.38. The normalized spacial score (nSPS) is 18.6. The Bertz CT molecular complexity index is 539. The van der Waals surface area contributed by atoms with E-state index in [1.165, 1.54) is 0 Å². The van der Waals surface area contributed by atoms with E-state index in [4.69, 9.17) is 5.11 Å². The van der Waals surface area contributed by atoms with Crippen molar-refractivity contribution in [2.75, 3.05) is 18.0 Å². The van der Waals surface area contributed by atoms with E-state index in [-0.39, 0.29) is 6.42 Å². The van der Waals surface area contributed by atoms with Crippen LogP contribution in [0.1, 0.15) is 31.2 Å². The zero-order valence-corrected chi connectivity index (χ0v) is 12.8. The van der Waals surface area contributed by atoms with Crippen LogP contribution in [0, 0.1) is 17.2 Å². The third-order valence-corrected chi connectivity index (χ3v) is 4.20. The molecule has 1 N–H and O–H groups in total. The fourth-order valence-electron chi connectivity index (χ4n) is 2.72. The number of benzene rings is 1. The number of piperidine rings is 1. The van der Waals surface area contributed by atoms with Crippen molar-refractivity contribution in [2.24, 2.45) is 5.92 Å². The summed E-state index contributed by atoms with van der Waals surface area (Å²) < 4.78 is 0.900. The van der Waals surface area contributed by atoms with Crippen LogP contribution in [0.3, 0.4) is 0 Å². The van der Waals surface area contributed by atoms with Crippen molar-refractivity contribution in [1.82, 2.24) is 0 Å². The Morgan fingerprint density at radius 1 is 1.55 bits per heavy atom. The van der Waals surface area contributed by atoms with Crippen LogP contribution in [0.5, 0.6) is 0 Å². The molecule has 5 heteroatoms. The van der Waals surface area contributed by atoms with Gasteiger partial charge in [0.05, 0.1) is 11.3 Å². The highest BCUT2D eigenvalue weighted by atomic mass is 79.9. The van der Waals surface area contributed by atoms with Gasteiger partial charge in [0.2, 0.25) is 0 Å². The summed E-state index contributed by atoms with van der Waals surface area (Å²) in [5.74, 6) is -0.335. The Kier molecular flexibility index (Phi) is 5.02. The highest BCUT2D eigenvalue weighted by molar-refractivity contribution is 9.10. The molecule has 1 unspecified atom stereocenters. The fraction of sp³-hybridized carbons (Fsp3) is 0.467. The molecule has 0 radical (unpaired) electrons. The minimum absolute atomic E-state index is 0.226. The molecule has 0 aliphatic carbocycles. The van der Waals surface area contributed by atoms with Crippen LogP contribution in [0.4, 0.5) is 5.69 Å². The van der Waals surface area contributed by atoms with E-state index in [0.717, 1.165) is 36.1 Å². The van der Waals surface area contributed by atoms with E-state index >= 15 is 0 Å². The quantitative estimate of drug-likeness (QED) is 0.915. The standard InChI is InChI=1S/C15H17BrN2O2/c16-13-4-5-14(12(8-13)9-17)18-7-1-2-11(10-18)3-6-15(19)20/h4-5,8,11H,1-3,6-7,10H2,(H,19,20). The van der Waals surface area contributed by atoms with Gasteiger partial charge in [0.15, 0.2) is 0 Å². The number of rotatable bonds is 4. The Morgan fingerprint density at radius 2 is 2.35 bits per heavy atom. The molecule has 0 aromatic heterocycles. The average molecular weight is 337 g/mol. The zero-order chi connectivity index (χ0) is 14.5. The summed E-state index contributed by atoms with van der Waals surface area (Å²) in [5.41, 5.74) is 1.62. The molecule has 0 saturated carbocycles. The van der Waals surface area contributed by atoms with Crippen molar-refractivity contribution >= 4 is 27.6 Å². The highest BCUT2D eigenvalue weighted by Crippen LogP contribution is 2.29. The molecule has 1 heterocycles. The molecular weight excluding hydrogens is 320 g/mol. The largest absolute Gasteiger partial charge is 0.481 e. The lowest BCUT2D eigenvalue weighted by molar-refractivity contribution is -0.137. The average Bonchev–Trinajstić information content (AvgIpc) is 2.45. The molecule has 0 spiro atoms. The molecule has 4 nitrogen and oxygen atoms in total. The Hall–Kier alpha value is -1.54. The second kappa shape index (κ2) is 6.76. The van der Waals surface area contributed by atoms with E-state index < -0.39 is 5.97 Å². The van der Waals surface area contributed by atoms with Crippen LogP contribution in [0.2, 0.25) is 0 Å². The van der Waals surface area contributed by atoms with Crippen LogP contribution in [0.25, 0.3) is 0 Å². The first kappa shape index (κ1) is 14.9. The number of halogens is 1. The van der Waals surface area contributed by atoms with Crippen molar-refractivity contribution in [3.63, 3.8) is 0 Å². The number of nitriles is 1. The second-order valence-electron chi connectivity index (χ2n) is 5.16. The summed E-state index contributed by atoms with van der Waals surface area (Å²) in [5, 5.41) is 18.0. The molecular formula is C15H17BrN2O2. The van der Waals surface area contributed by atoms with E-state index in [9.17, 15) is 10.1 Å². The van der Waals surface area contributed by atoms with Crippen LogP contribution in [-0.2, 0) is 4.79 Å². The maximum absolute atomic E-state index is 10.7. The number of anilines is 1. The van der Waals surface area contributed by atoms with Gasteiger partial charge in [-0.15, -0.1) is 0 Å². The molecule has 106 valence electrons. The molecule has 1 aromatic carbocycles. The summed E-state index contributed by atoms with van der Waals surface area (Å²) in [6.45, 7) is 1.77. The summed E-state index contributed by atoms with van der Waals surface area (Å²) in [6, 6.07) is 7.96. The lowest BCUT2D eigenvalue weighted by Gasteiger charge is -2.34. The fourth-order valence-corrected chi connectivity index (χ4v) is 3.08. The van der Waals surface area contributed by atoms with E-state index in [2.05, 4.69) is 26.9 Å². The first-order chi connectivity index (χ1) is 9.60. The molecule has 1 fully saturated rings. The van der Waals surface area contributed by atoms with Crippen LogP contribution < -0.4 is 4.90 Å². The lowest BCUT2D eigenvalue weighted by atomic mass is 9.92. The summed E-state index contributed by atoms with van der Waals surface area (Å²) in [4.78, 5) is 12.9. The van der Waals surface area contributed by atoms with Gasteiger partial charge >= 0.3 is 5.97 Å². The predicted molar refractivity (Wildman–Crippen MR) is 80.7 cm³/mol. The topological polar surface area (TPSA) is 64.3 Å². The number of hydrogen-bond donors (Lipinski definition) is 1. The number of nitrogens with zero attached hydrogens (tertiary/aromatic N) is 2. The van der Waals surface area contributed by atoms with Crippen molar-refractivity contribution < 1.29 is 9.90 Å². The zero-order valence-electron chi connectivity index (χ0n) is 11.2. The molecule has 0 amide bonds. The van der Waals surface area contributed by atoms with Gasteiger partial charge in [-0.3, -0.25) is 4.79 Å². The van der Waals surface area contributed by atoms with Gasteiger partial charge < -0.3 is 10.0 Å². The van der Waals surface area contributed by atoms with Crippen molar-refractivity contribution in [2.45, 2.75) is 25.7 Å². The van der Waals surface area contributed by atoms with Gasteiger partial charge in [-0.25, -0.2) is 0 Å². The van der Waals surface area contributed by atoms with Gasteiger partial charge in [0, 0.05) is 24.0 Å². The maximum atomic E-state index is 10.7. The first-order valence-corrected chi connectivity index (χ1v) is 7.56. The number of carboxylic acid groups (broad SMARTS) is 1. The smallest absolute Gasteiger partial charge is 0.303 e. The Labute approximate surface area is 127 Å². The molecule has 1 aliphatic heterocycles. The number of aliphatic carboxylic acids is 1. The van der Waals surface area contributed by atoms with Crippen molar-refractivity contribution in [3.05, 3.63) is 28.2 Å². The van der Waals surface area contributed by atoms with Crippen LogP contribution in [-0.4, -0.2) is 24.2 Å². The van der Waals surface area contributed by atoms with E-state index in [1.807, 2.05) is 18.2 Å². The minimum Gasteiger partial charge on any atom is -0.481 e. The van der Waals surface area contributed by atoms with Crippen molar-refractivity contribution in [1.29, 1.82) is 5.26 Å². The molecule has 1 aromatic rings. The van der Waals surface area contributed by atoms with Crippen molar-refractivity contribution in [3.8, 4) is 6.07 Å². The minimum atomic E-state index is -0.733. The summed E-state index contributed by atoms with van der Waals surface area (Å²) in [6.07, 6.45) is 3.06. The number of hydrogen-bond acceptors (Lipinski definition) is 3. The predicted octanol–water partition coefficient (Wildman–Crippen LogP) is 3.40. The maximum Gasteiger partial charge on any atom is 0.303 e. The van der Waals surface area contributed by atoms with Gasteiger partial charge in [0.1, 0.15) is 6.07 Å². The third kappa shape index (κ3) is 3.73. The number of carboxylic acids is 1. The monoisotopic (exact) mass is 336 g/mol. The van der Waals surface area contributed by atoms with Gasteiger partial charge in [-0.05, 0) is 43.4 Å². The summed E-state index contributed by atoms with van der Waals surface area (Å²) in [7, 11) is 0. The first-order valence-electron chi connectivity index (χ1n) is 6.76. The Balaban J connectivity index is 2.09. The molecule has 20 heavy (non-hydrogen) atoms. The highest BCUT2D eigenvalue weighted by Gasteiger charge is 2.22. The molecule has 0 bridgehead atoms. The van der Waals surface area contributed by atoms with E-state index in [1.54, 1.807) is 0 Å². The number of carbonyl (C=O) groups is 1. The molecule has 2 rings (SSSR count). The van der Waals surface area contributed by atoms with Crippen LogP contribution in [0.15, 0.2) is 22.7 Å². The molecule has 1 atom stereocenters. The molecule has 1 aliphatic rings. The van der Waals surface area contributed by atoms with Gasteiger partial charge in [-0.1, -0.05) is 15.9 Å². The van der Waals surface area contributed by atoms with Crippen LogP contribution >= 0.6 is 15.9 Å². The molecule has 1 saturated heterocycles.